The number of hydrogen-bond acceptors (Lipinski definition) is 3. The Bertz CT molecular complexity index is 397. The van der Waals surface area contributed by atoms with E-state index in [1.54, 1.807) is 16.7 Å². The zero-order valence-electron chi connectivity index (χ0n) is 12.2. The topological polar surface area (TPSA) is 81.1 Å². The molecule has 3 atom stereocenters. The molecule has 2 fully saturated rings. The van der Waals surface area contributed by atoms with Crippen LogP contribution in [-0.2, 0) is 4.79 Å². The molecule has 114 valence electrons. The van der Waals surface area contributed by atoms with Gasteiger partial charge in [-0.05, 0) is 39.5 Å². The number of carbonyl (C=O) groups excluding carboxylic acids is 1. The molecule has 0 bridgehead atoms. The largest absolute Gasteiger partial charge is 0.481 e. The molecule has 0 saturated carbocycles. The highest BCUT2D eigenvalue weighted by Gasteiger charge is 2.37. The predicted molar refractivity (Wildman–Crippen MR) is 73.4 cm³/mol. The first-order valence-electron chi connectivity index (χ1n) is 7.31. The van der Waals surface area contributed by atoms with Crippen LogP contribution < -0.4 is 0 Å². The SMILES string of the molecule is CC1CC(C(=O)O)CCN1C(=O)N1CCCC(C)(O)C1. The van der Waals surface area contributed by atoms with Crippen molar-refractivity contribution in [2.45, 2.75) is 51.2 Å². The third-order valence-corrected chi connectivity index (χ3v) is 4.42. The fourth-order valence-electron chi connectivity index (χ4n) is 3.25. The van der Waals surface area contributed by atoms with Gasteiger partial charge in [0.15, 0.2) is 0 Å². The van der Waals surface area contributed by atoms with Crippen LogP contribution in [-0.4, -0.2) is 63.3 Å². The Balaban J connectivity index is 1.98. The average molecular weight is 284 g/mol. The van der Waals surface area contributed by atoms with Crippen LogP contribution in [0.25, 0.3) is 0 Å². The Morgan fingerprint density at radius 1 is 1.30 bits per heavy atom. The van der Waals surface area contributed by atoms with E-state index in [-0.39, 0.29) is 18.0 Å². The van der Waals surface area contributed by atoms with Gasteiger partial charge in [0, 0.05) is 19.1 Å². The van der Waals surface area contributed by atoms with Crippen LogP contribution in [0, 0.1) is 5.92 Å². The normalized spacial score (nSPS) is 35.0. The number of aliphatic carboxylic acids is 1. The van der Waals surface area contributed by atoms with E-state index in [4.69, 9.17) is 5.11 Å². The summed E-state index contributed by atoms with van der Waals surface area (Å²) in [7, 11) is 0. The molecule has 2 aliphatic rings. The predicted octanol–water partition coefficient (Wildman–Crippen LogP) is 1.14. The molecular formula is C14H24N2O4. The summed E-state index contributed by atoms with van der Waals surface area (Å²) in [6.07, 6.45) is 2.53. The maximum atomic E-state index is 12.5. The van der Waals surface area contributed by atoms with Gasteiger partial charge in [-0.3, -0.25) is 4.79 Å². The summed E-state index contributed by atoms with van der Waals surface area (Å²) in [5.41, 5.74) is -0.809. The van der Waals surface area contributed by atoms with Gasteiger partial charge in [0.1, 0.15) is 0 Å². The van der Waals surface area contributed by atoms with E-state index in [1.165, 1.54) is 0 Å². The molecule has 0 aromatic carbocycles. The Hall–Kier alpha value is -1.30. The van der Waals surface area contributed by atoms with Gasteiger partial charge in [0.05, 0.1) is 18.1 Å². The number of carboxylic acids is 1. The standard InChI is InChI=1S/C14H24N2O4/c1-10-8-11(12(17)18)4-7-16(10)13(19)15-6-3-5-14(2,20)9-15/h10-11,20H,3-9H2,1-2H3,(H,17,18). The van der Waals surface area contributed by atoms with Crippen molar-refractivity contribution in [3.05, 3.63) is 0 Å². The number of likely N-dealkylation sites (tertiary alicyclic amines) is 2. The van der Waals surface area contributed by atoms with Gasteiger partial charge in [-0.25, -0.2) is 4.79 Å². The number of amides is 2. The number of rotatable bonds is 1. The van der Waals surface area contributed by atoms with Crippen LogP contribution in [0.3, 0.4) is 0 Å². The third kappa shape index (κ3) is 3.23. The lowest BCUT2D eigenvalue weighted by molar-refractivity contribution is -0.143. The summed E-state index contributed by atoms with van der Waals surface area (Å²) < 4.78 is 0. The first kappa shape index (κ1) is 15.1. The quantitative estimate of drug-likeness (QED) is 0.756. The molecule has 2 amide bonds. The van der Waals surface area contributed by atoms with Crippen molar-refractivity contribution in [2.24, 2.45) is 5.92 Å². The molecule has 0 radical (unpaired) electrons. The molecule has 3 unspecified atom stereocenters. The molecule has 6 nitrogen and oxygen atoms in total. The molecule has 20 heavy (non-hydrogen) atoms. The van der Waals surface area contributed by atoms with Crippen molar-refractivity contribution >= 4 is 12.0 Å². The lowest BCUT2D eigenvalue weighted by Gasteiger charge is -2.43. The number of urea groups is 1. The van der Waals surface area contributed by atoms with Crippen molar-refractivity contribution in [1.82, 2.24) is 9.80 Å². The molecule has 2 N–H and O–H groups in total. The second-order valence-electron chi connectivity index (χ2n) is 6.41. The van der Waals surface area contributed by atoms with E-state index in [1.807, 2.05) is 6.92 Å². The van der Waals surface area contributed by atoms with E-state index in [0.29, 0.717) is 38.9 Å². The summed E-state index contributed by atoms with van der Waals surface area (Å²) in [4.78, 5) is 27.0. The van der Waals surface area contributed by atoms with E-state index < -0.39 is 11.6 Å². The van der Waals surface area contributed by atoms with Crippen molar-refractivity contribution in [1.29, 1.82) is 0 Å². The summed E-state index contributed by atoms with van der Waals surface area (Å²) in [5, 5.41) is 19.1. The van der Waals surface area contributed by atoms with Crippen molar-refractivity contribution in [3.8, 4) is 0 Å². The number of hydrogen-bond donors (Lipinski definition) is 2. The second kappa shape index (κ2) is 5.60. The monoisotopic (exact) mass is 284 g/mol. The Labute approximate surface area is 119 Å². The summed E-state index contributed by atoms with van der Waals surface area (Å²) >= 11 is 0. The first-order valence-corrected chi connectivity index (χ1v) is 7.31. The Kier molecular flexibility index (Phi) is 4.22. The minimum Gasteiger partial charge on any atom is -0.481 e. The highest BCUT2D eigenvalue weighted by atomic mass is 16.4. The molecule has 2 heterocycles. The zero-order valence-corrected chi connectivity index (χ0v) is 12.2. The van der Waals surface area contributed by atoms with E-state index in [2.05, 4.69) is 0 Å². The molecule has 0 spiro atoms. The van der Waals surface area contributed by atoms with Gasteiger partial charge >= 0.3 is 12.0 Å². The van der Waals surface area contributed by atoms with E-state index in [9.17, 15) is 14.7 Å². The van der Waals surface area contributed by atoms with Gasteiger partial charge in [0.25, 0.3) is 0 Å². The van der Waals surface area contributed by atoms with Crippen LogP contribution >= 0.6 is 0 Å². The number of piperidine rings is 2. The van der Waals surface area contributed by atoms with Crippen LogP contribution in [0.15, 0.2) is 0 Å². The molecule has 6 heteroatoms. The van der Waals surface area contributed by atoms with E-state index >= 15 is 0 Å². The third-order valence-electron chi connectivity index (χ3n) is 4.42. The highest BCUT2D eigenvalue weighted by Crippen LogP contribution is 2.26. The van der Waals surface area contributed by atoms with Gasteiger partial charge in [0.2, 0.25) is 0 Å². The second-order valence-corrected chi connectivity index (χ2v) is 6.41. The van der Waals surface area contributed by atoms with Gasteiger partial charge in [-0.2, -0.15) is 0 Å². The minimum atomic E-state index is -0.809. The Morgan fingerprint density at radius 3 is 2.55 bits per heavy atom. The van der Waals surface area contributed by atoms with Gasteiger partial charge in [-0.15, -0.1) is 0 Å². The first-order chi connectivity index (χ1) is 9.30. The number of β-amino-alcohol motifs (C(OH)–C–C–N with tert-alkyl or cyclic N) is 1. The number of nitrogens with zero attached hydrogens (tertiary/aromatic N) is 2. The number of aliphatic hydroxyl groups is 1. The van der Waals surface area contributed by atoms with Gasteiger partial charge < -0.3 is 20.0 Å². The molecule has 2 rings (SSSR count). The van der Waals surface area contributed by atoms with Crippen LogP contribution in [0.1, 0.15) is 39.5 Å². The number of carbonyl (C=O) groups is 2. The minimum absolute atomic E-state index is 0.0655. The summed E-state index contributed by atoms with van der Waals surface area (Å²) in [6, 6.07) is -0.134. The van der Waals surface area contributed by atoms with Crippen LogP contribution in [0.5, 0.6) is 0 Å². The molecule has 2 saturated heterocycles. The smallest absolute Gasteiger partial charge is 0.320 e. The molecule has 0 aliphatic carbocycles. The summed E-state index contributed by atoms with van der Waals surface area (Å²) in [5.74, 6) is -1.12. The van der Waals surface area contributed by atoms with Crippen molar-refractivity contribution in [2.75, 3.05) is 19.6 Å². The maximum absolute atomic E-state index is 12.5. The van der Waals surface area contributed by atoms with Crippen molar-refractivity contribution in [3.63, 3.8) is 0 Å². The number of carboxylic acid groups (broad SMARTS) is 1. The average Bonchev–Trinajstić information content (AvgIpc) is 2.36. The lowest BCUT2D eigenvalue weighted by atomic mass is 9.91. The van der Waals surface area contributed by atoms with E-state index in [0.717, 1.165) is 6.42 Å². The van der Waals surface area contributed by atoms with Gasteiger partial charge in [-0.1, -0.05) is 0 Å². The zero-order chi connectivity index (χ0) is 14.9. The lowest BCUT2D eigenvalue weighted by Crippen LogP contribution is -2.56. The van der Waals surface area contributed by atoms with Crippen LogP contribution in [0.2, 0.25) is 0 Å². The molecular weight excluding hydrogens is 260 g/mol. The maximum Gasteiger partial charge on any atom is 0.320 e. The van der Waals surface area contributed by atoms with Crippen molar-refractivity contribution < 1.29 is 19.8 Å². The fourth-order valence-corrected chi connectivity index (χ4v) is 3.25. The Morgan fingerprint density at radius 2 is 2.00 bits per heavy atom. The summed E-state index contributed by atoms with van der Waals surface area (Å²) in [6.45, 7) is 5.16. The highest BCUT2D eigenvalue weighted by molar-refractivity contribution is 5.76. The molecule has 2 aliphatic heterocycles. The fraction of sp³-hybridized carbons (Fsp3) is 0.857. The molecule has 0 aromatic heterocycles. The molecule has 0 aromatic rings. The van der Waals surface area contributed by atoms with Crippen LogP contribution in [0.4, 0.5) is 4.79 Å².